The second-order valence-corrected chi connectivity index (χ2v) is 3.45. The van der Waals surface area contributed by atoms with E-state index in [1.165, 1.54) is 0 Å². The van der Waals surface area contributed by atoms with Gasteiger partial charge in [0, 0.05) is 20.1 Å². The Hall–Kier alpha value is -1.30. The zero-order chi connectivity index (χ0) is 11.3. The largest absolute Gasteiger partial charge is 0.480 e. The average Bonchev–Trinajstić information content (AvgIpc) is 2.26. The van der Waals surface area contributed by atoms with E-state index < -0.39 is 5.97 Å². The highest BCUT2D eigenvalue weighted by Crippen LogP contribution is 2.13. The first-order valence-corrected chi connectivity index (χ1v) is 4.93. The fourth-order valence-corrected chi connectivity index (χ4v) is 1.57. The third-order valence-corrected chi connectivity index (χ3v) is 2.39. The van der Waals surface area contributed by atoms with Crippen LogP contribution in [0.3, 0.4) is 0 Å². The van der Waals surface area contributed by atoms with E-state index in [1.807, 2.05) is 0 Å². The molecule has 2 N–H and O–H groups in total. The minimum atomic E-state index is -0.955. The number of hydrogen-bond acceptors (Lipinski definition) is 3. The van der Waals surface area contributed by atoms with Crippen LogP contribution in [0.5, 0.6) is 0 Å². The maximum Gasteiger partial charge on any atom is 0.329 e. The maximum atomic E-state index is 11.2. The van der Waals surface area contributed by atoms with Gasteiger partial charge in [0.15, 0.2) is 0 Å². The Morgan fingerprint density at radius 1 is 1.47 bits per heavy atom. The van der Waals surface area contributed by atoms with Crippen LogP contribution in [-0.2, 0) is 9.53 Å². The van der Waals surface area contributed by atoms with E-state index in [0.29, 0.717) is 25.9 Å². The van der Waals surface area contributed by atoms with Gasteiger partial charge in [-0.05, 0) is 12.8 Å². The zero-order valence-corrected chi connectivity index (χ0v) is 8.73. The van der Waals surface area contributed by atoms with Crippen LogP contribution in [0.15, 0.2) is 0 Å². The molecule has 6 heteroatoms. The Morgan fingerprint density at radius 3 is 2.53 bits per heavy atom. The molecule has 1 rings (SSSR count). The molecule has 1 fully saturated rings. The van der Waals surface area contributed by atoms with Crippen molar-refractivity contribution in [2.75, 3.05) is 26.7 Å². The number of urea groups is 1. The van der Waals surface area contributed by atoms with Crippen molar-refractivity contribution in [3.63, 3.8) is 0 Å². The number of nitrogens with zero attached hydrogens (tertiary/aromatic N) is 1. The predicted molar refractivity (Wildman–Crippen MR) is 52.6 cm³/mol. The molecule has 0 aromatic heterocycles. The van der Waals surface area contributed by atoms with Crippen LogP contribution in [-0.4, -0.2) is 54.9 Å². The number of aliphatic carboxylic acids is 1. The summed E-state index contributed by atoms with van der Waals surface area (Å²) in [6, 6.07) is -0.0910. The lowest BCUT2D eigenvalue weighted by Crippen LogP contribution is -2.45. The smallest absolute Gasteiger partial charge is 0.329 e. The van der Waals surface area contributed by atoms with Gasteiger partial charge in [0.2, 0.25) is 0 Å². The van der Waals surface area contributed by atoms with Crippen molar-refractivity contribution in [3.8, 4) is 0 Å². The van der Waals surface area contributed by atoms with Crippen molar-refractivity contribution < 1.29 is 19.4 Å². The molecule has 6 nitrogen and oxygen atoms in total. The van der Waals surface area contributed by atoms with E-state index in [2.05, 4.69) is 5.32 Å². The number of likely N-dealkylation sites (tertiary alicyclic amines) is 1. The number of hydrogen-bond donors (Lipinski definition) is 2. The predicted octanol–water partition coefficient (Wildman–Crippen LogP) is -0.109. The summed E-state index contributed by atoms with van der Waals surface area (Å²) in [6.45, 7) is 0.971. The van der Waals surface area contributed by atoms with E-state index in [4.69, 9.17) is 9.84 Å². The van der Waals surface area contributed by atoms with Crippen molar-refractivity contribution >= 4 is 12.0 Å². The van der Waals surface area contributed by atoms with Crippen LogP contribution in [0.25, 0.3) is 0 Å². The van der Waals surface area contributed by atoms with Gasteiger partial charge in [-0.3, -0.25) is 0 Å². The highest BCUT2D eigenvalue weighted by Gasteiger charge is 2.22. The third-order valence-electron chi connectivity index (χ3n) is 2.39. The first-order chi connectivity index (χ1) is 7.13. The van der Waals surface area contributed by atoms with Gasteiger partial charge in [0.25, 0.3) is 0 Å². The molecule has 1 heterocycles. The highest BCUT2D eigenvalue weighted by atomic mass is 16.5. The molecule has 1 aliphatic rings. The van der Waals surface area contributed by atoms with Crippen LogP contribution >= 0.6 is 0 Å². The van der Waals surface area contributed by atoms with Gasteiger partial charge in [0.05, 0.1) is 6.10 Å². The maximum absolute atomic E-state index is 11.2. The van der Waals surface area contributed by atoms with Crippen molar-refractivity contribution in [2.45, 2.75) is 18.9 Å². The summed E-state index contributed by atoms with van der Waals surface area (Å²) in [6.07, 6.45) is 1.35. The van der Waals surface area contributed by atoms with E-state index in [9.17, 15) is 9.59 Å². The monoisotopic (exact) mass is 216 g/mol. The van der Waals surface area contributed by atoms with Gasteiger partial charge >= 0.3 is 12.0 Å². The second-order valence-electron chi connectivity index (χ2n) is 3.45. The molecule has 0 spiro atoms. The minimum absolute atomic E-state index is 0.0398. The molecular formula is C9H16N2O4. The molecule has 0 bridgehead atoms. The number of amides is 2. The molecular weight excluding hydrogens is 200 g/mol. The number of carboxylic acid groups (broad SMARTS) is 1. The first-order valence-electron chi connectivity index (χ1n) is 4.93. The Bertz CT molecular complexity index is 236. The summed E-state index contributed by atoms with van der Waals surface area (Å²) in [7, 11) is 1.59. The Balaban J connectivity index is 2.23. The van der Waals surface area contributed by atoms with Gasteiger partial charge in [-0.2, -0.15) is 0 Å². The quantitative estimate of drug-likeness (QED) is 0.690. The van der Waals surface area contributed by atoms with Gasteiger partial charge in [-0.15, -0.1) is 0 Å². The summed E-state index contributed by atoms with van der Waals surface area (Å²) in [5.41, 5.74) is 0. The van der Waals surface area contributed by atoms with E-state index in [0.717, 1.165) is 0 Å². The van der Waals surface area contributed by atoms with Crippen molar-refractivity contribution in [1.29, 1.82) is 0 Å². The molecule has 0 aromatic rings. The van der Waals surface area contributed by atoms with Crippen LogP contribution in [0, 0.1) is 0 Å². The Morgan fingerprint density at radius 2 is 2.07 bits per heavy atom. The molecule has 2 amide bonds. The Kier molecular flexibility index (Phi) is 4.36. The van der Waals surface area contributed by atoms with Crippen LogP contribution < -0.4 is 5.32 Å². The van der Waals surface area contributed by atoms with Crippen LogP contribution in [0.1, 0.15) is 12.8 Å². The second kappa shape index (κ2) is 5.55. The van der Waals surface area contributed by atoms with Gasteiger partial charge in [-0.25, -0.2) is 9.59 Å². The molecule has 0 saturated carbocycles. The third kappa shape index (κ3) is 3.75. The lowest BCUT2D eigenvalue weighted by molar-refractivity contribution is -0.145. The summed E-state index contributed by atoms with van der Waals surface area (Å²) in [5, 5.41) is 11.0. The number of ether oxygens (including phenoxy) is 1. The number of rotatable bonds is 3. The molecule has 0 aromatic carbocycles. The summed E-state index contributed by atoms with van der Waals surface area (Å²) in [5.74, 6) is -0.955. The normalized spacial score (nSPS) is 17.5. The highest BCUT2D eigenvalue weighted by molar-refractivity contribution is 5.73. The zero-order valence-electron chi connectivity index (χ0n) is 8.73. The van der Waals surface area contributed by atoms with Crippen molar-refractivity contribution in [1.82, 2.24) is 10.2 Å². The topological polar surface area (TPSA) is 78.9 Å². The van der Waals surface area contributed by atoms with E-state index >= 15 is 0 Å². The molecule has 1 saturated heterocycles. The molecule has 0 atom stereocenters. The molecule has 1 aliphatic heterocycles. The van der Waals surface area contributed by atoms with Gasteiger partial charge in [0.1, 0.15) is 6.61 Å². The number of nitrogens with one attached hydrogen (secondary N) is 1. The number of piperidine rings is 1. The van der Waals surface area contributed by atoms with E-state index in [-0.39, 0.29) is 18.7 Å². The number of carbonyl (C=O) groups is 2. The molecule has 86 valence electrons. The average molecular weight is 216 g/mol. The van der Waals surface area contributed by atoms with Crippen molar-refractivity contribution in [2.24, 2.45) is 0 Å². The molecule has 0 radical (unpaired) electrons. The minimum Gasteiger partial charge on any atom is -0.480 e. The SMILES string of the molecule is CNC(=O)N1CCC(OCC(=O)O)CC1. The molecule has 0 unspecified atom stereocenters. The standard InChI is InChI=1S/C9H16N2O4/c1-10-9(14)11-4-2-7(3-5-11)15-6-8(12)13/h7H,2-6H2,1H3,(H,10,14)(H,12,13). The van der Waals surface area contributed by atoms with Crippen LogP contribution in [0.2, 0.25) is 0 Å². The number of carboxylic acids is 1. The van der Waals surface area contributed by atoms with Crippen LogP contribution in [0.4, 0.5) is 4.79 Å². The molecule has 15 heavy (non-hydrogen) atoms. The lowest BCUT2D eigenvalue weighted by atomic mass is 10.1. The summed E-state index contributed by atoms with van der Waals surface area (Å²) in [4.78, 5) is 23.2. The van der Waals surface area contributed by atoms with E-state index in [1.54, 1.807) is 11.9 Å². The van der Waals surface area contributed by atoms with Gasteiger partial charge < -0.3 is 20.1 Å². The summed E-state index contributed by atoms with van der Waals surface area (Å²) < 4.78 is 5.15. The summed E-state index contributed by atoms with van der Waals surface area (Å²) >= 11 is 0. The number of carbonyl (C=O) groups excluding carboxylic acids is 1. The fraction of sp³-hybridized carbons (Fsp3) is 0.778. The first kappa shape index (κ1) is 11.8. The van der Waals surface area contributed by atoms with Gasteiger partial charge in [-0.1, -0.05) is 0 Å². The van der Waals surface area contributed by atoms with Crippen molar-refractivity contribution in [3.05, 3.63) is 0 Å². The Labute approximate surface area is 88.2 Å². The fourth-order valence-electron chi connectivity index (χ4n) is 1.57. The lowest BCUT2D eigenvalue weighted by Gasteiger charge is -2.31. The molecule has 0 aliphatic carbocycles.